The van der Waals surface area contributed by atoms with Crippen molar-refractivity contribution >= 4 is 39.3 Å². The van der Waals surface area contributed by atoms with E-state index < -0.39 is 5.97 Å². The van der Waals surface area contributed by atoms with Crippen LogP contribution < -0.4 is 5.73 Å². The number of carboxylic acid groups (broad SMARTS) is 1. The molecular formula is C12H9BrClN3O2. The van der Waals surface area contributed by atoms with Gasteiger partial charge < -0.3 is 10.8 Å². The van der Waals surface area contributed by atoms with Crippen molar-refractivity contribution in [1.82, 2.24) is 9.97 Å². The fourth-order valence-electron chi connectivity index (χ4n) is 1.62. The van der Waals surface area contributed by atoms with E-state index in [2.05, 4.69) is 25.9 Å². The maximum absolute atomic E-state index is 11.0. The van der Waals surface area contributed by atoms with Crippen LogP contribution in [0.15, 0.2) is 22.7 Å². The number of rotatable bonds is 2. The first-order valence-electron chi connectivity index (χ1n) is 5.23. The number of aromatic carboxylic acids is 1. The Bertz CT molecular complexity index is 653. The van der Waals surface area contributed by atoms with Gasteiger partial charge in [-0.15, -0.1) is 0 Å². The highest BCUT2D eigenvalue weighted by molar-refractivity contribution is 9.10. The minimum atomic E-state index is -1.14. The largest absolute Gasteiger partial charge is 0.477 e. The van der Waals surface area contributed by atoms with E-state index in [9.17, 15) is 4.79 Å². The summed E-state index contributed by atoms with van der Waals surface area (Å²) in [6.07, 6.45) is 0. The Morgan fingerprint density at radius 1 is 1.42 bits per heavy atom. The van der Waals surface area contributed by atoms with Gasteiger partial charge in [0.05, 0.1) is 10.7 Å². The fraction of sp³-hybridized carbons (Fsp3) is 0.0833. The Balaban J connectivity index is 2.58. The highest BCUT2D eigenvalue weighted by Crippen LogP contribution is 2.28. The minimum absolute atomic E-state index is 0.0546. The fourth-order valence-corrected chi connectivity index (χ4v) is 2.12. The Morgan fingerprint density at radius 2 is 2.11 bits per heavy atom. The third-order valence-electron chi connectivity index (χ3n) is 2.51. The maximum atomic E-state index is 11.0. The molecule has 3 N–H and O–H groups in total. The summed E-state index contributed by atoms with van der Waals surface area (Å²) in [7, 11) is 0. The molecule has 0 fully saturated rings. The van der Waals surface area contributed by atoms with Crippen LogP contribution in [0, 0.1) is 6.92 Å². The Morgan fingerprint density at radius 3 is 2.63 bits per heavy atom. The Kier molecular flexibility index (Phi) is 3.73. The van der Waals surface area contributed by atoms with E-state index in [-0.39, 0.29) is 11.4 Å². The van der Waals surface area contributed by atoms with E-state index in [1.807, 2.05) is 0 Å². The molecule has 0 aliphatic carbocycles. The molecule has 19 heavy (non-hydrogen) atoms. The molecule has 0 unspecified atom stereocenters. The molecule has 2 rings (SSSR count). The summed E-state index contributed by atoms with van der Waals surface area (Å²) in [6, 6.07) is 5.18. The predicted molar refractivity (Wildman–Crippen MR) is 76.3 cm³/mol. The van der Waals surface area contributed by atoms with Crippen LogP contribution in [0.5, 0.6) is 0 Å². The van der Waals surface area contributed by atoms with Crippen LogP contribution in [0.3, 0.4) is 0 Å². The first kappa shape index (κ1) is 13.8. The third kappa shape index (κ3) is 2.69. The molecule has 0 aliphatic heterocycles. The number of aromatic nitrogens is 2. The molecule has 0 saturated carbocycles. The van der Waals surface area contributed by atoms with Crippen LogP contribution in [0.4, 0.5) is 5.82 Å². The van der Waals surface area contributed by atoms with Crippen molar-refractivity contribution < 1.29 is 9.90 Å². The van der Waals surface area contributed by atoms with E-state index in [1.165, 1.54) is 0 Å². The average molecular weight is 343 g/mol. The van der Waals surface area contributed by atoms with Crippen molar-refractivity contribution in [3.05, 3.63) is 39.0 Å². The van der Waals surface area contributed by atoms with Crippen molar-refractivity contribution in [2.45, 2.75) is 6.92 Å². The summed E-state index contributed by atoms with van der Waals surface area (Å²) in [4.78, 5) is 19.2. The van der Waals surface area contributed by atoms with Crippen molar-refractivity contribution in [3.8, 4) is 11.4 Å². The van der Waals surface area contributed by atoms with E-state index in [0.29, 0.717) is 26.6 Å². The molecule has 0 saturated heterocycles. The molecule has 2 aromatic rings. The SMILES string of the molecule is Cc1nc(-c2ccc(Cl)c(Br)c2)nc(N)c1C(=O)O. The van der Waals surface area contributed by atoms with Crippen LogP contribution in [0.25, 0.3) is 11.4 Å². The number of hydrogen-bond acceptors (Lipinski definition) is 4. The first-order valence-corrected chi connectivity index (χ1v) is 6.40. The average Bonchev–Trinajstić information content (AvgIpc) is 2.31. The molecule has 0 spiro atoms. The van der Waals surface area contributed by atoms with Gasteiger partial charge in [-0.1, -0.05) is 11.6 Å². The summed E-state index contributed by atoms with van der Waals surface area (Å²) in [5.74, 6) is -0.836. The molecule has 1 heterocycles. The molecule has 7 heteroatoms. The standard InChI is InChI=1S/C12H9BrClN3O2/c1-5-9(12(18)19)10(15)17-11(16-5)6-2-3-8(14)7(13)4-6/h2-4H,1H3,(H,18,19)(H2,15,16,17). The first-order chi connectivity index (χ1) is 8.90. The van der Waals surface area contributed by atoms with Crippen molar-refractivity contribution in [2.75, 3.05) is 5.73 Å². The summed E-state index contributed by atoms with van der Waals surface area (Å²) in [5.41, 5.74) is 6.60. The van der Waals surface area contributed by atoms with Gasteiger partial charge in [-0.05, 0) is 41.1 Å². The number of halogens is 2. The number of anilines is 1. The van der Waals surface area contributed by atoms with Gasteiger partial charge in [0.25, 0.3) is 0 Å². The molecule has 0 bridgehead atoms. The summed E-state index contributed by atoms with van der Waals surface area (Å²) < 4.78 is 0.703. The van der Waals surface area contributed by atoms with E-state index in [1.54, 1.807) is 25.1 Å². The van der Waals surface area contributed by atoms with Gasteiger partial charge in [0.2, 0.25) is 0 Å². The number of nitrogens with zero attached hydrogens (tertiary/aromatic N) is 2. The number of carboxylic acids is 1. The normalized spacial score (nSPS) is 10.5. The second-order valence-electron chi connectivity index (χ2n) is 3.83. The molecule has 5 nitrogen and oxygen atoms in total. The number of carbonyl (C=O) groups is 1. The summed E-state index contributed by atoms with van der Waals surface area (Å²) in [6.45, 7) is 1.58. The molecule has 0 radical (unpaired) electrons. The maximum Gasteiger partial charge on any atom is 0.341 e. The van der Waals surface area contributed by atoms with Crippen molar-refractivity contribution in [3.63, 3.8) is 0 Å². The van der Waals surface area contributed by atoms with Crippen LogP contribution in [0.1, 0.15) is 16.1 Å². The molecule has 0 aliphatic rings. The molecular weight excluding hydrogens is 334 g/mol. The van der Waals surface area contributed by atoms with Crippen LogP contribution in [-0.4, -0.2) is 21.0 Å². The van der Waals surface area contributed by atoms with Gasteiger partial charge in [-0.25, -0.2) is 14.8 Å². The van der Waals surface area contributed by atoms with E-state index >= 15 is 0 Å². The zero-order valence-corrected chi connectivity index (χ0v) is 12.2. The van der Waals surface area contributed by atoms with Crippen molar-refractivity contribution in [1.29, 1.82) is 0 Å². The lowest BCUT2D eigenvalue weighted by molar-refractivity contribution is 0.0696. The molecule has 1 aromatic heterocycles. The van der Waals surface area contributed by atoms with Crippen molar-refractivity contribution in [2.24, 2.45) is 0 Å². The van der Waals surface area contributed by atoms with Crippen LogP contribution in [0.2, 0.25) is 5.02 Å². The Hall–Kier alpha value is -1.66. The third-order valence-corrected chi connectivity index (χ3v) is 3.72. The van der Waals surface area contributed by atoms with Crippen LogP contribution in [-0.2, 0) is 0 Å². The lowest BCUT2D eigenvalue weighted by Gasteiger charge is -2.08. The van der Waals surface area contributed by atoms with Gasteiger partial charge in [0.1, 0.15) is 11.4 Å². The molecule has 1 aromatic carbocycles. The number of nitrogen functional groups attached to an aromatic ring is 1. The van der Waals surface area contributed by atoms with E-state index in [0.717, 1.165) is 0 Å². The molecule has 98 valence electrons. The highest BCUT2D eigenvalue weighted by Gasteiger charge is 2.16. The lowest BCUT2D eigenvalue weighted by atomic mass is 10.1. The topological polar surface area (TPSA) is 89.1 Å². The lowest BCUT2D eigenvalue weighted by Crippen LogP contribution is -2.10. The second-order valence-corrected chi connectivity index (χ2v) is 5.09. The molecule has 0 atom stereocenters. The van der Waals surface area contributed by atoms with Gasteiger partial charge in [0.15, 0.2) is 5.82 Å². The molecule has 0 amide bonds. The van der Waals surface area contributed by atoms with Gasteiger partial charge in [-0.2, -0.15) is 0 Å². The number of aryl methyl sites for hydroxylation is 1. The zero-order valence-electron chi connectivity index (χ0n) is 9.82. The predicted octanol–water partition coefficient (Wildman–Crippen LogP) is 3.15. The van der Waals surface area contributed by atoms with Gasteiger partial charge >= 0.3 is 5.97 Å². The Labute approximate surface area is 122 Å². The van der Waals surface area contributed by atoms with Gasteiger partial charge in [0, 0.05) is 10.0 Å². The van der Waals surface area contributed by atoms with Crippen LogP contribution >= 0.6 is 27.5 Å². The minimum Gasteiger partial charge on any atom is -0.477 e. The second kappa shape index (κ2) is 5.14. The monoisotopic (exact) mass is 341 g/mol. The summed E-state index contributed by atoms with van der Waals surface area (Å²) in [5, 5.41) is 9.57. The summed E-state index contributed by atoms with van der Waals surface area (Å²) >= 11 is 9.21. The van der Waals surface area contributed by atoms with E-state index in [4.69, 9.17) is 22.4 Å². The number of benzene rings is 1. The number of nitrogens with two attached hydrogens (primary N) is 1. The quantitative estimate of drug-likeness (QED) is 0.875. The van der Waals surface area contributed by atoms with Gasteiger partial charge in [-0.3, -0.25) is 0 Å². The smallest absolute Gasteiger partial charge is 0.341 e. The zero-order chi connectivity index (χ0) is 14.2. The highest BCUT2D eigenvalue weighted by atomic mass is 79.9. The number of hydrogen-bond donors (Lipinski definition) is 2.